The monoisotopic (exact) mass is 219 g/mol. The van der Waals surface area contributed by atoms with Crippen LogP contribution in [0.25, 0.3) is 0 Å². The first-order valence-corrected chi connectivity index (χ1v) is 6.25. The number of hydrogen-bond acceptors (Lipinski definition) is 2. The van der Waals surface area contributed by atoms with Crippen LogP contribution in [-0.4, -0.2) is 13.7 Å². The minimum Gasteiger partial charge on any atom is -0.494 e. The Morgan fingerprint density at radius 3 is 2.44 bits per heavy atom. The maximum atomic E-state index is 5.45. The summed E-state index contributed by atoms with van der Waals surface area (Å²) in [4.78, 5) is 0. The second-order valence-electron chi connectivity index (χ2n) is 4.46. The van der Waals surface area contributed by atoms with Crippen molar-refractivity contribution >= 4 is 0 Å². The van der Waals surface area contributed by atoms with Gasteiger partial charge in [-0.2, -0.15) is 0 Å². The van der Waals surface area contributed by atoms with Crippen LogP contribution >= 0.6 is 0 Å². The summed E-state index contributed by atoms with van der Waals surface area (Å²) in [5.41, 5.74) is 1.38. The molecule has 2 heteroatoms. The van der Waals surface area contributed by atoms with Crippen LogP contribution < -0.4 is 10.1 Å². The molecule has 0 heterocycles. The van der Waals surface area contributed by atoms with E-state index in [1.54, 1.807) is 0 Å². The third-order valence-electron chi connectivity index (χ3n) is 3.48. The maximum absolute atomic E-state index is 5.45. The van der Waals surface area contributed by atoms with E-state index in [0.717, 1.165) is 18.3 Å². The fraction of sp³-hybridized carbons (Fsp3) is 0.571. The molecule has 2 nitrogen and oxygen atoms in total. The zero-order valence-corrected chi connectivity index (χ0v) is 10.2. The molecule has 88 valence electrons. The molecule has 16 heavy (non-hydrogen) atoms. The molecule has 0 bridgehead atoms. The Labute approximate surface area is 98.0 Å². The number of rotatable bonds is 5. The Morgan fingerprint density at radius 1 is 1.31 bits per heavy atom. The quantitative estimate of drug-likeness (QED) is 0.821. The van der Waals surface area contributed by atoms with E-state index >= 15 is 0 Å². The fourth-order valence-corrected chi connectivity index (χ4v) is 2.39. The van der Waals surface area contributed by atoms with Crippen molar-refractivity contribution < 1.29 is 4.74 Å². The molecular formula is C14H21NO. The van der Waals surface area contributed by atoms with Gasteiger partial charge < -0.3 is 10.1 Å². The average molecular weight is 219 g/mol. The highest BCUT2D eigenvalue weighted by Gasteiger charge is 2.26. The molecule has 1 aromatic rings. The van der Waals surface area contributed by atoms with Crippen LogP contribution in [0.15, 0.2) is 24.3 Å². The first-order chi connectivity index (χ1) is 7.85. The zero-order chi connectivity index (χ0) is 11.4. The number of benzene rings is 1. The molecule has 1 unspecified atom stereocenters. The van der Waals surface area contributed by atoms with Crippen LogP contribution in [0.2, 0.25) is 0 Å². The molecule has 2 rings (SSSR count). The van der Waals surface area contributed by atoms with Crippen molar-refractivity contribution in [1.82, 2.24) is 5.32 Å². The first-order valence-electron chi connectivity index (χ1n) is 6.25. The summed E-state index contributed by atoms with van der Waals surface area (Å²) in [7, 11) is 2.06. The summed E-state index contributed by atoms with van der Waals surface area (Å²) >= 11 is 0. The molecule has 0 spiro atoms. The Morgan fingerprint density at radius 2 is 2.00 bits per heavy atom. The normalized spacial score (nSPS) is 17.9. The van der Waals surface area contributed by atoms with Crippen molar-refractivity contribution in [3.8, 4) is 5.75 Å². The van der Waals surface area contributed by atoms with Gasteiger partial charge in [-0.25, -0.2) is 0 Å². The number of hydrogen-bond donors (Lipinski definition) is 1. The van der Waals surface area contributed by atoms with Crippen molar-refractivity contribution in [3.63, 3.8) is 0 Å². The summed E-state index contributed by atoms with van der Waals surface area (Å²) in [6.07, 6.45) is 4.11. The first kappa shape index (κ1) is 11.5. The SMILES string of the molecule is CCOc1ccc(C(NC)C2CCC2)cc1. The molecule has 1 aliphatic rings. The second kappa shape index (κ2) is 5.35. The van der Waals surface area contributed by atoms with E-state index in [0.29, 0.717) is 6.04 Å². The van der Waals surface area contributed by atoms with Crippen molar-refractivity contribution in [2.24, 2.45) is 5.92 Å². The van der Waals surface area contributed by atoms with Crippen LogP contribution in [0.5, 0.6) is 5.75 Å². The lowest BCUT2D eigenvalue weighted by atomic mass is 9.77. The van der Waals surface area contributed by atoms with Crippen LogP contribution in [0.3, 0.4) is 0 Å². The lowest BCUT2D eigenvalue weighted by molar-refractivity contribution is 0.239. The average Bonchev–Trinajstić information content (AvgIpc) is 2.25. The molecule has 1 fully saturated rings. The van der Waals surface area contributed by atoms with Gasteiger partial charge in [0.25, 0.3) is 0 Å². The van der Waals surface area contributed by atoms with Gasteiger partial charge in [-0.1, -0.05) is 18.6 Å². The van der Waals surface area contributed by atoms with Gasteiger partial charge in [0, 0.05) is 6.04 Å². The Kier molecular flexibility index (Phi) is 3.83. The van der Waals surface area contributed by atoms with Crippen LogP contribution in [0.4, 0.5) is 0 Å². The lowest BCUT2D eigenvalue weighted by Crippen LogP contribution is -2.29. The Balaban J connectivity index is 2.06. The number of nitrogens with one attached hydrogen (secondary N) is 1. The standard InChI is InChI=1S/C14H21NO/c1-3-16-13-9-7-12(8-10-13)14(15-2)11-5-4-6-11/h7-11,14-15H,3-6H2,1-2H3. The Hall–Kier alpha value is -1.02. The third kappa shape index (κ3) is 2.38. The van der Waals surface area contributed by atoms with Gasteiger partial charge in [-0.05, 0) is 50.4 Å². The molecule has 1 N–H and O–H groups in total. The van der Waals surface area contributed by atoms with E-state index in [2.05, 4.69) is 36.6 Å². The van der Waals surface area contributed by atoms with Gasteiger partial charge >= 0.3 is 0 Å². The van der Waals surface area contributed by atoms with Gasteiger partial charge in [0.1, 0.15) is 5.75 Å². The minimum atomic E-state index is 0.518. The highest BCUT2D eigenvalue weighted by Crippen LogP contribution is 2.37. The van der Waals surface area contributed by atoms with E-state index in [1.807, 2.05) is 6.92 Å². The van der Waals surface area contributed by atoms with E-state index in [-0.39, 0.29) is 0 Å². The zero-order valence-electron chi connectivity index (χ0n) is 10.2. The molecular weight excluding hydrogens is 198 g/mol. The van der Waals surface area contributed by atoms with Gasteiger partial charge in [-0.3, -0.25) is 0 Å². The molecule has 0 amide bonds. The van der Waals surface area contributed by atoms with Crippen molar-refractivity contribution in [1.29, 1.82) is 0 Å². The van der Waals surface area contributed by atoms with Crippen LogP contribution in [0, 0.1) is 5.92 Å². The van der Waals surface area contributed by atoms with Crippen molar-refractivity contribution in [3.05, 3.63) is 29.8 Å². The largest absolute Gasteiger partial charge is 0.494 e. The topological polar surface area (TPSA) is 21.3 Å². The van der Waals surface area contributed by atoms with E-state index < -0.39 is 0 Å². The van der Waals surface area contributed by atoms with Gasteiger partial charge in [-0.15, -0.1) is 0 Å². The lowest BCUT2D eigenvalue weighted by Gasteiger charge is -2.34. The predicted octanol–water partition coefficient (Wildman–Crippen LogP) is 3.15. The maximum Gasteiger partial charge on any atom is 0.119 e. The highest BCUT2D eigenvalue weighted by atomic mass is 16.5. The molecule has 1 aromatic carbocycles. The van der Waals surface area contributed by atoms with Crippen LogP contribution in [0.1, 0.15) is 37.8 Å². The summed E-state index contributed by atoms with van der Waals surface area (Å²) < 4.78 is 5.45. The summed E-state index contributed by atoms with van der Waals surface area (Å²) in [5.74, 6) is 1.79. The molecule has 1 aliphatic carbocycles. The van der Waals surface area contributed by atoms with E-state index in [1.165, 1.54) is 24.8 Å². The van der Waals surface area contributed by atoms with Crippen LogP contribution in [-0.2, 0) is 0 Å². The predicted molar refractivity (Wildman–Crippen MR) is 66.8 cm³/mol. The minimum absolute atomic E-state index is 0.518. The summed E-state index contributed by atoms with van der Waals surface area (Å²) in [6, 6.07) is 9.03. The van der Waals surface area contributed by atoms with E-state index in [4.69, 9.17) is 4.74 Å². The molecule has 0 aliphatic heterocycles. The summed E-state index contributed by atoms with van der Waals surface area (Å²) in [6.45, 7) is 2.75. The highest BCUT2D eigenvalue weighted by molar-refractivity contribution is 5.29. The molecule has 0 radical (unpaired) electrons. The molecule has 1 saturated carbocycles. The molecule has 0 saturated heterocycles. The molecule has 0 aromatic heterocycles. The Bertz CT molecular complexity index is 316. The fourth-order valence-electron chi connectivity index (χ4n) is 2.39. The third-order valence-corrected chi connectivity index (χ3v) is 3.48. The van der Waals surface area contributed by atoms with Crippen molar-refractivity contribution in [2.45, 2.75) is 32.2 Å². The van der Waals surface area contributed by atoms with Gasteiger partial charge in [0.2, 0.25) is 0 Å². The van der Waals surface area contributed by atoms with Gasteiger partial charge in [0.15, 0.2) is 0 Å². The number of ether oxygens (including phenoxy) is 1. The summed E-state index contributed by atoms with van der Waals surface area (Å²) in [5, 5.41) is 3.43. The van der Waals surface area contributed by atoms with E-state index in [9.17, 15) is 0 Å². The second-order valence-corrected chi connectivity index (χ2v) is 4.46. The molecule has 1 atom stereocenters. The van der Waals surface area contributed by atoms with Crippen molar-refractivity contribution in [2.75, 3.05) is 13.7 Å². The smallest absolute Gasteiger partial charge is 0.119 e. The van der Waals surface area contributed by atoms with Gasteiger partial charge in [0.05, 0.1) is 6.61 Å².